The van der Waals surface area contributed by atoms with Gasteiger partial charge < -0.3 is 0 Å². The van der Waals surface area contributed by atoms with Gasteiger partial charge in [-0.3, -0.25) is 4.98 Å². The van der Waals surface area contributed by atoms with Crippen molar-refractivity contribution < 1.29 is 0 Å². The molecule has 0 bridgehead atoms. The predicted octanol–water partition coefficient (Wildman–Crippen LogP) is 4.70. The number of hydrogen-bond donors (Lipinski definition) is 0. The average molecular weight is 296 g/mol. The summed E-state index contributed by atoms with van der Waals surface area (Å²) < 4.78 is 0. The minimum atomic E-state index is 0.326. The fraction of sp³-hybridized carbons (Fsp3) is 0.667. The van der Waals surface area contributed by atoms with E-state index in [1.54, 1.807) is 0 Å². The Balaban J connectivity index is 2.29. The smallest absolute Gasteiger partial charge is 0.0471 e. The SMILES string of the molecule is CC(Br)CC(C)(C)C1CCCc2cccnc21. The highest BCUT2D eigenvalue weighted by atomic mass is 79.9. The second kappa shape index (κ2) is 5.09. The van der Waals surface area contributed by atoms with Gasteiger partial charge in [-0.15, -0.1) is 0 Å². The van der Waals surface area contributed by atoms with Gasteiger partial charge in [-0.2, -0.15) is 0 Å². The maximum absolute atomic E-state index is 4.66. The van der Waals surface area contributed by atoms with Gasteiger partial charge in [-0.1, -0.05) is 42.8 Å². The summed E-state index contributed by atoms with van der Waals surface area (Å²) in [5.41, 5.74) is 3.16. The number of halogens is 1. The molecule has 1 aliphatic rings. The van der Waals surface area contributed by atoms with E-state index in [-0.39, 0.29) is 0 Å². The van der Waals surface area contributed by atoms with E-state index in [1.165, 1.54) is 36.9 Å². The Morgan fingerprint density at radius 1 is 1.53 bits per heavy atom. The topological polar surface area (TPSA) is 12.9 Å². The monoisotopic (exact) mass is 295 g/mol. The summed E-state index contributed by atoms with van der Waals surface area (Å²) in [6.07, 6.45) is 6.96. The van der Waals surface area contributed by atoms with Gasteiger partial charge >= 0.3 is 0 Å². The number of nitrogens with zero attached hydrogens (tertiary/aromatic N) is 1. The van der Waals surface area contributed by atoms with Gasteiger partial charge in [0.25, 0.3) is 0 Å². The third kappa shape index (κ3) is 2.90. The number of alkyl halides is 1. The highest BCUT2D eigenvalue weighted by Crippen LogP contribution is 2.45. The summed E-state index contributed by atoms with van der Waals surface area (Å²) in [5, 5.41) is 0. The Hall–Kier alpha value is -0.370. The van der Waals surface area contributed by atoms with Crippen LogP contribution in [0.4, 0.5) is 0 Å². The van der Waals surface area contributed by atoms with Crippen molar-refractivity contribution in [2.75, 3.05) is 0 Å². The third-order valence-corrected chi connectivity index (χ3v) is 4.27. The highest BCUT2D eigenvalue weighted by molar-refractivity contribution is 9.09. The first-order valence-corrected chi connectivity index (χ1v) is 7.50. The van der Waals surface area contributed by atoms with Crippen LogP contribution in [0.2, 0.25) is 0 Å². The number of pyridine rings is 1. The lowest BCUT2D eigenvalue weighted by Gasteiger charge is -2.38. The molecule has 0 spiro atoms. The number of fused-ring (bicyclic) bond motifs is 1. The first-order chi connectivity index (χ1) is 8.00. The maximum Gasteiger partial charge on any atom is 0.0471 e. The first kappa shape index (κ1) is 13.1. The molecule has 17 heavy (non-hydrogen) atoms. The molecule has 2 unspecified atom stereocenters. The fourth-order valence-corrected chi connectivity index (χ4v) is 4.07. The lowest BCUT2D eigenvalue weighted by atomic mass is 9.68. The van der Waals surface area contributed by atoms with E-state index in [2.05, 4.69) is 53.8 Å². The zero-order valence-corrected chi connectivity index (χ0v) is 12.6. The standard InChI is InChI=1S/C15H22BrN/c1-11(16)10-15(2,3)13-8-4-6-12-7-5-9-17-14(12)13/h5,7,9,11,13H,4,6,8,10H2,1-3H3. The van der Waals surface area contributed by atoms with Crippen LogP contribution in [0.15, 0.2) is 18.3 Å². The van der Waals surface area contributed by atoms with E-state index in [0.29, 0.717) is 16.2 Å². The molecule has 0 fully saturated rings. The zero-order valence-electron chi connectivity index (χ0n) is 11.0. The Labute approximate surface area is 113 Å². The average Bonchev–Trinajstić information content (AvgIpc) is 2.26. The van der Waals surface area contributed by atoms with Gasteiger partial charge in [0.2, 0.25) is 0 Å². The Morgan fingerprint density at radius 2 is 2.29 bits per heavy atom. The van der Waals surface area contributed by atoms with Crippen LogP contribution in [0.5, 0.6) is 0 Å². The molecule has 2 rings (SSSR count). The van der Waals surface area contributed by atoms with Crippen molar-refractivity contribution in [3.63, 3.8) is 0 Å². The minimum absolute atomic E-state index is 0.326. The number of rotatable bonds is 3. The maximum atomic E-state index is 4.66. The Morgan fingerprint density at radius 3 is 3.00 bits per heavy atom. The Bertz CT molecular complexity index is 384. The molecule has 0 saturated carbocycles. The molecule has 0 amide bonds. The quantitative estimate of drug-likeness (QED) is 0.737. The van der Waals surface area contributed by atoms with Gasteiger partial charge in [0.05, 0.1) is 0 Å². The molecule has 1 aromatic rings. The van der Waals surface area contributed by atoms with Crippen LogP contribution in [-0.2, 0) is 6.42 Å². The van der Waals surface area contributed by atoms with Crippen LogP contribution in [0.1, 0.15) is 57.2 Å². The first-order valence-electron chi connectivity index (χ1n) is 6.58. The number of aromatic nitrogens is 1. The molecule has 0 saturated heterocycles. The van der Waals surface area contributed by atoms with Crippen molar-refractivity contribution in [2.24, 2.45) is 5.41 Å². The van der Waals surface area contributed by atoms with E-state index in [0.717, 1.165) is 0 Å². The minimum Gasteiger partial charge on any atom is -0.261 e. The van der Waals surface area contributed by atoms with Crippen LogP contribution < -0.4 is 0 Å². The second-order valence-corrected chi connectivity index (χ2v) is 7.53. The van der Waals surface area contributed by atoms with Crippen LogP contribution in [0, 0.1) is 5.41 Å². The van der Waals surface area contributed by atoms with Crippen LogP contribution in [0.3, 0.4) is 0 Å². The molecule has 94 valence electrons. The van der Waals surface area contributed by atoms with Crippen LogP contribution >= 0.6 is 15.9 Å². The van der Waals surface area contributed by atoms with Gasteiger partial charge in [0.15, 0.2) is 0 Å². The Kier molecular flexibility index (Phi) is 3.92. The molecule has 0 N–H and O–H groups in total. The normalized spacial score (nSPS) is 22.0. The van der Waals surface area contributed by atoms with Crippen molar-refractivity contribution >= 4 is 15.9 Å². The largest absolute Gasteiger partial charge is 0.261 e. The molecule has 1 aromatic heterocycles. The highest BCUT2D eigenvalue weighted by Gasteiger charge is 2.35. The van der Waals surface area contributed by atoms with E-state index in [4.69, 9.17) is 0 Å². The summed E-state index contributed by atoms with van der Waals surface area (Å²) in [5.74, 6) is 0.618. The number of aryl methyl sites for hydroxylation is 1. The molecule has 0 aliphatic heterocycles. The third-order valence-electron chi connectivity index (χ3n) is 3.95. The van der Waals surface area contributed by atoms with Gasteiger partial charge in [0.1, 0.15) is 0 Å². The summed E-state index contributed by atoms with van der Waals surface area (Å²) in [7, 11) is 0. The lowest BCUT2D eigenvalue weighted by molar-refractivity contribution is 0.236. The van der Waals surface area contributed by atoms with Gasteiger partial charge in [0, 0.05) is 22.6 Å². The van der Waals surface area contributed by atoms with E-state index in [9.17, 15) is 0 Å². The van der Waals surface area contributed by atoms with Crippen LogP contribution in [-0.4, -0.2) is 9.81 Å². The second-order valence-electron chi connectivity index (χ2n) is 5.97. The van der Waals surface area contributed by atoms with E-state index in [1.807, 2.05) is 6.20 Å². The molecule has 1 aliphatic carbocycles. The van der Waals surface area contributed by atoms with Crippen molar-refractivity contribution in [1.29, 1.82) is 0 Å². The molecular weight excluding hydrogens is 274 g/mol. The lowest BCUT2D eigenvalue weighted by Crippen LogP contribution is -2.28. The molecule has 1 heterocycles. The summed E-state index contributed by atoms with van der Waals surface area (Å²) in [4.78, 5) is 5.23. The molecule has 2 atom stereocenters. The van der Waals surface area contributed by atoms with Crippen molar-refractivity contribution in [3.05, 3.63) is 29.6 Å². The molecule has 1 nitrogen and oxygen atoms in total. The van der Waals surface area contributed by atoms with Crippen molar-refractivity contribution in [1.82, 2.24) is 4.98 Å². The predicted molar refractivity (Wildman–Crippen MR) is 76.7 cm³/mol. The van der Waals surface area contributed by atoms with E-state index >= 15 is 0 Å². The summed E-state index contributed by atoms with van der Waals surface area (Å²) in [6, 6.07) is 4.32. The van der Waals surface area contributed by atoms with Crippen molar-refractivity contribution in [3.8, 4) is 0 Å². The molecule has 0 radical (unpaired) electrons. The summed E-state index contributed by atoms with van der Waals surface area (Å²) in [6.45, 7) is 7.02. The van der Waals surface area contributed by atoms with Gasteiger partial charge in [-0.25, -0.2) is 0 Å². The van der Waals surface area contributed by atoms with Gasteiger partial charge in [-0.05, 0) is 42.7 Å². The molecule has 0 aromatic carbocycles. The number of hydrogen-bond acceptors (Lipinski definition) is 1. The molecule has 2 heteroatoms. The fourth-order valence-electron chi connectivity index (χ4n) is 3.24. The van der Waals surface area contributed by atoms with Crippen molar-refractivity contribution in [2.45, 2.75) is 57.2 Å². The summed E-state index contributed by atoms with van der Waals surface area (Å²) >= 11 is 3.70. The van der Waals surface area contributed by atoms with E-state index < -0.39 is 0 Å². The molecular formula is C15H22BrN. The van der Waals surface area contributed by atoms with Crippen LogP contribution in [0.25, 0.3) is 0 Å². The zero-order chi connectivity index (χ0) is 12.5.